The van der Waals surface area contributed by atoms with E-state index in [0.29, 0.717) is 32.5 Å². The molecule has 2 N–H and O–H groups in total. The number of hydrogen-bond donors (Lipinski definition) is 2. The van der Waals surface area contributed by atoms with Gasteiger partial charge < -0.3 is 15.3 Å². The number of amides is 2. The molecule has 0 bridgehead atoms. The van der Waals surface area contributed by atoms with Crippen molar-refractivity contribution in [3.05, 3.63) is 27.7 Å². The topological polar surface area (TPSA) is 69.6 Å². The van der Waals surface area contributed by atoms with Crippen LogP contribution in [0.2, 0.25) is 10.0 Å². The van der Waals surface area contributed by atoms with Crippen molar-refractivity contribution < 1.29 is 14.7 Å². The molecule has 5 nitrogen and oxygen atoms in total. The van der Waals surface area contributed by atoms with Crippen LogP contribution in [0.5, 0.6) is 5.75 Å². The number of benzene rings is 1. The third-order valence-corrected chi connectivity index (χ3v) is 4.27. The first-order valence-corrected chi connectivity index (χ1v) is 7.94. The standard InChI is InChI=1S/C15H18Cl2N2O3/c1-2-18-14(21)9-3-5-19(6-4-9)15(22)13-11(17)7-10(16)8-12(13)20/h7-9,20H,2-6H2,1H3,(H,18,21). The van der Waals surface area contributed by atoms with Crippen molar-refractivity contribution in [2.24, 2.45) is 5.92 Å². The minimum Gasteiger partial charge on any atom is -0.507 e. The Morgan fingerprint density at radius 1 is 1.32 bits per heavy atom. The van der Waals surface area contributed by atoms with Gasteiger partial charge in [0, 0.05) is 30.6 Å². The highest BCUT2D eigenvalue weighted by molar-refractivity contribution is 6.37. The van der Waals surface area contributed by atoms with Crippen molar-refractivity contribution in [2.45, 2.75) is 19.8 Å². The Hall–Kier alpha value is -1.46. The number of phenols is 1. The van der Waals surface area contributed by atoms with E-state index < -0.39 is 0 Å². The Morgan fingerprint density at radius 3 is 2.50 bits per heavy atom. The van der Waals surface area contributed by atoms with E-state index in [0.717, 1.165) is 0 Å². The zero-order valence-corrected chi connectivity index (χ0v) is 13.7. The lowest BCUT2D eigenvalue weighted by molar-refractivity contribution is -0.126. The second-order valence-corrected chi connectivity index (χ2v) is 6.09. The molecule has 1 fully saturated rings. The van der Waals surface area contributed by atoms with Crippen molar-refractivity contribution in [3.63, 3.8) is 0 Å². The van der Waals surface area contributed by atoms with E-state index in [1.165, 1.54) is 12.1 Å². The summed E-state index contributed by atoms with van der Waals surface area (Å²) in [7, 11) is 0. The molecular formula is C15H18Cl2N2O3. The van der Waals surface area contributed by atoms with Crippen LogP contribution >= 0.6 is 23.2 Å². The molecule has 1 aromatic rings. The molecule has 0 aromatic heterocycles. The maximum atomic E-state index is 12.5. The molecule has 1 aromatic carbocycles. The maximum absolute atomic E-state index is 12.5. The molecular weight excluding hydrogens is 327 g/mol. The molecule has 120 valence electrons. The summed E-state index contributed by atoms with van der Waals surface area (Å²) >= 11 is 11.8. The number of carbonyl (C=O) groups excluding carboxylic acids is 2. The average molecular weight is 345 g/mol. The van der Waals surface area contributed by atoms with Gasteiger partial charge in [0.1, 0.15) is 5.75 Å². The predicted molar refractivity (Wildman–Crippen MR) is 85.4 cm³/mol. The third kappa shape index (κ3) is 3.65. The van der Waals surface area contributed by atoms with E-state index in [9.17, 15) is 14.7 Å². The summed E-state index contributed by atoms with van der Waals surface area (Å²) in [6.07, 6.45) is 1.20. The Morgan fingerprint density at radius 2 is 1.95 bits per heavy atom. The van der Waals surface area contributed by atoms with Crippen LogP contribution in [0.25, 0.3) is 0 Å². The molecule has 0 unspecified atom stereocenters. The number of halogens is 2. The van der Waals surface area contributed by atoms with E-state index in [1.54, 1.807) is 4.90 Å². The van der Waals surface area contributed by atoms with E-state index in [2.05, 4.69) is 5.32 Å². The number of nitrogens with one attached hydrogen (secondary N) is 1. The van der Waals surface area contributed by atoms with Crippen LogP contribution in [-0.2, 0) is 4.79 Å². The minimum absolute atomic E-state index is 0.0296. The maximum Gasteiger partial charge on any atom is 0.259 e. The second kappa shape index (κ2) is 7.20. The molecule has 0 atom stereocenters. The largest absolute Gasteiger partial charge is 0.507 e. The number of rotatable bonds is 3. The number of aromatic hydroxyl groups is 1. The fraction of sp³-hybridized carbons (Fsp3) is 0.467. The minimum atomic E-state index is -0.339. The third-order valence-electron chi connectivity index (χ3n) is 3.75. The molecule has 0 saturated carbocycles. The molecule has 1 aliphatic rings. The molecule has 1 heterocycles. The fourth-order valence-corrected chi connectivity index (χ4v) is 3.16. The van der Waals surface area contributed by atoms with E-state index in [1.807, 2.05) is 6.92 Å². The summed E-state index contributed by atoms with van der Waals surface area (Å²) < 4.78 is 0. The van der Waals surface area contributed by atoms with Crippen LogP contribution in [0.15, 0.2) is 12.1 Å². The molecule has 2 amide bonds. The first-order valence-electron chi connectivity index (χ1n) is 7.19. The van der Waals surface area contributed by atoms with Crippen molar-refractivity contribution in [3.8, 4) is 5.75 Å². The highest BCUT2D eigenvalue weighted by Gasteiger charge is 2.29. The van der Waals surface area contributed by atoms with Crippen molar-refractivity contribution in [2.75, 3.05) is 19.6 Å². The number of piperidine rings is 1. The Balaban J connectivity index is 2.06. The summed E-state index contributed by atoms with van der Waals surface area (Å²) in [6, 6.07) is 2.72. The van der Waals surface area contributed by atoms with Gasteiger partial charge in [-0.05, 0) is 31.9 Å². The zero-order chi connectivity index (χ0) is 16.3. The van der Waals surface area contributed by atoms with Crippen molar-refractivity contribution in [1.82, 2.24) is 10.2 Å². The van der Waals surface area contributed by atoms with Crippen molar-refractivity contribution >= 4 is 35.0 Å². The van der Waals surface area contributed by atoms with Crippen LogP contribution in [0.4, 0.5) is 0 Å². The van der Waals surface area contributed by atoms with Gasteiger partial charge in [0.15, 0.2) is 0 Å². The van der Waals surface area contributed by atoms with Crippen LogP contribution in [-0.4, -0.2) is 41.5 Å². The predicted octanol–water partition coefficient (Wildman–Crippen LogP) is 2.69. The summed E-state index contributed by atoms with van der Waals surface area (Å²) in [6.45, 7) is 3.39. The number of carbonyl (C=O) groups is 2. The first kappa shape index (κ1) is 16.9. The van der Waals surface area contributed by atoms with Gasteiger partial charge in [-0.2, -0.15) is 0 Å². The zero-order valence-electron chi connectivity index (χ0n) is 12.2. The summed E-state index contributed by atoms with van der Waals surface area (Å²) in [4.78, 5) is 25.9. The summed E-state index contributed by atoms with van der Waals surface area (Å²) in [5.74, 6) is -0.609. The highest BCUT2D eigenvalue weighted by Crippen LogP contribution is 2.32. The lowest BCUT2D eigenvalue weighted by Crippen LogP contribution is -2.43. The summed E-state index contributed by atoms with van der Waals surface area (Å²) in [5.41, 5.74) is 0.0579. The normalized spacial score (nSPS) is 15.7. The van der Waals surface area contributed by atoms with E-state index >= 15 is 0 Å². The fourth-order valence-electron chi connectivity index (χ4n) is 2.59. The van der Waals surface area contributed by atoms with Gasteiger partial charge in [-0.1, -0.05) is 23.2 Å². The van der Waals surface area contributed by atoms with E-state index in [-0.39, 0.29) is 39.1 Å². The van der Waals surface area contributed by atoms with Gasteiger partial charge in [0.2, 0.25) is 5.91 Å². The summed E-state index contributed by atoms with van der Waals surface area (Å²) in [5, 5.41) is 13.1. The monoisotopic (exact) mass is 344 g/mol. The molecule has 1 aliphatic heterocycles. The molecule has 7 heteroatoms. The van der Waals surface area contributed by atoms with Crippen LogP contribution in [0.1, 0.15) is 30.1 Å². The number of hydrogen-bond acceptors (Lipinski definition) is 3. The van der Waals surface area contributed by atoms with Gasteiger partial charge in [-0.15, -0.1) is 0 Å². The van der Waals surface area contributed by atoms with Gasteiger partial charge >= 0.3 is 0 Å². The van der Waals surface area contributed by atoms with E-state index in [4.69, 9.17) is 23.2 Å². The molecule has 22 heavy (non-hydrogen) atoms. The lowest BCUT2D eigenvalue weighted by atomic mass is 9.95. The molecule has 0 radical (unpaired) electrons. The SMILES string of the molecule is CCNC(=O)C1CCN(C(=O)c2c(O)cc(Cl)cc2Cl)CC1. The average Bonchev–Trinajstić information content (AvgIpc) is 2.46. The Bertz CT molecular complexity index is 561. The number of phenolic OH excluding ortho intramolecular Hbond substituents is 1. The number of nitrogens with zero attached hydrogens (tertiary/aromatic N) is 1. The van der Waals surface area contributed by atoms with Crippen LogP contribution in [0.3, 0.4) is 0 Å². The molecule has 0 aliphatic carbocycles. The van der Waals surface area contributed by atoms with Gasteiger partial charge in [-0.25, -0.2) is 0 Å². The van der Waals surface area contributed by atoms with Gasteiger partial charge in [0.25, 0.3) is 5.91 Å². The van der Waals surface area contributed by atoms with Gasteiger partial charge in [0.05, 0.1) is 10.6 Å². The van der Waals surface area contributed by atoms with Crippen molar-refractivity contribution in [1.29, 1.82) is 0 Å². The smallest absolute Gasteiger partial charge is 0.259 e. The van der Waals surface area contributed by atoms with Gasteiger partial charge in [-0.3, -0.25) is 9.59 Å². The van der Waals surface area contributed by atoms with Crippen LogP contribution in [0, 0.1) is 5.92 Å². The second-order valence-electron chi connectivity index (χ2n) is 5.24. The number of likely N-dealkylation sites (tertiary alicyclic amines) is 1. The molecule has 2 rings (SSSR count). The Kier molecular flexibility index (Phi) is 5.53. The quantitative estimate of drug-likeness (QED) is 0.885. The molecule has 1 saturated heterocycles. The highest BCUT2D eigenvalue weighted by atomic mass is 35.5. The van der Waals surface area contributed by atoms with Crippen LogP contribution < -0.4 is 5.32 Å². The Labute approximate surface area is 139 Å². The molecule has 0 spiro atoms. The first-order chi connectivity index (χ1) is 10.4. The lowest BCUT2D eigenvalue weighted by Gasteiger charge is -2.31.